The van der Waals surface area contributed by atoms with Gasteiger partial charge < -0.3 is 19.5 Å². The van der Waals surface area contributed by atoms with Gasteiger partial charge in [0.15, 0.2) is 17.6 Å². The van der Waals surface area contributed by atoms with Gasteiger partial charge in [0.05, 0.1) is 13.7 Å². The molecule has 148 valence electrons. The van der Waals surface area contributed by atoms with E-state index in [2.05, 4.69) is 12.2 Å². The molecule has 0 saturated carbocycles. The normalized spacial score (nSPS) is 11.6. The fourth-order valence-electron chi connectivity index (χ4n) is 1.94. The van der Waals surface area contributed by atoms with Crippen LogP contribution in [0.25, 0.3) is 6.08 Å². The molecular weight excluding hydrogens is 352 g/mol. The molecule has 2 N–H and O–H groups in total. The van der Waals surface area contributed by atoms with E-state index in [0.29, 0.717) is 23.7 Å². The summed E-state index contributed by atoms with van der Waals surface area (Å²) >= 11 is 0. The van der Waals surface area contributed by atoms with Crippen LogP contribution in [-0.4, -0.2) is 44.8 Å². The van der Waals surface area contributed by atoms with Crippen LogP contribution in [0, 0.1) is 0 Å². The van der Waals surface area contributed by atoms with E-state index in [1.165, 1.54) is 33.2 Å². The molecule has 1 aromatic carbocycles. The minimum absolute atomic E-state index is 0.556. The average molecular weight is 378 g/mol. The van der Waals surface area contributed by atoms with Gasteiger partial charge in [-0.15, -0.1) is 0 Å². The fourth-order valence-corrected chi connectivity index (χ4v) is 1.94. The number of benzene rings is 1. The van der Waals surface area contributed by atoms with Gasteiger partial charge in [0.25, 0.3) is 5.91 Å². The van der Waals surface area contributed by atoms with Crippen molar-refractivity contribution >= 4 is 24.0 Å². The van der Waals surface area contributed by atoms with Crippen LogP contribution >= 0.6 is 0 Å². The summed E-state index contributed by atoms with van der Waals surface area (Å²) in [5.41, 5.74) is 0.703. The topological polar surface area (TPSA) is 103 Å². The van der Waals surface area contributed by atoms with Crippen molar-refractivity contribution < 1.29 is 28.6 Å². The number of hydrogen-bond donors (Lipinski definition) is 2. The zero-order valence-electron chi connectivity index (χ0n) is 16.0. The number of esters is 1. The van der Waals surface area contributed by atoms with E-state index in [4.69, 9.17) is 14.2 Å². The number of carbonyl (C=O) groups is 3. The number of carbonyl (C=O) groups excluding carboxylic acids is 3. The van der Waals surface area contributed by atoms with E-state index in [0.717, 1.165) is 12.8 Å². The summed E-state index contributed by atoms with van der Waals surface area (Å²) in [4.78, 5) is 34.6. The monoisotopic (exact) mass is 378 g/mol. The van der Waals surface area contributed by atoms with Gasteiger partial charge in [-0.2, -0.15) is 0 Å². The third-order valence-corrected chi connectivity index (χ3v) is 3.48. The lowest BCUT2D eigenvalue weighted by Gasteiger charge is -2.11. The Balaban J connectivity index is 2.66. The Morgan fingerprint density at radius 2 is 1.96 bits per heavy atom. The third-order valence-electron chi connectivity index (χ3n) is 3.48. The smallest absolute Gasteiger partial charge is 0.331 e. The number of imide groups is 1. The first kappa shape index (κ1) is 22.0. The van der Waals surface area contributed by atoms with Gasteiger partial charge in [0.2, 0.25) is 0 Å². The quantitative estimate of drug-likeness (QED) is 0.388. The predicted octanol–water partition coefficient (Wildman–Crippen LogP) is 2.27. The van der Waals surface area contributed by atoms with Gasteiger partial charge in [-0.05, 0) is 37.1 Å². The van der Waals surface area contributed by atoms with Gasteiger partial charge >= 0.3 is 12.0 Å². The Morgan fingerprint density at radius 1 is 1.22 bits per heavy atom. The Bertz CT molecular complexity index is 687. The number of amides is 3. The molecule has 0 radical (unpaired) electrons. The first-order valence-electron chi connectivity index (χ1n) is 8.63. The molecule has 0 heterocycles. The summed E-state index contributed by atoms with van der Waals surface area (Å²) in [6.07, 6.45) is 3.59. The molecule has 0 aliphatic rings. The van der Waals surface area contributed by atoms with Crippen molar-refractivity contribution in [1.82, 2.24) is 10.6 Å². The van der Waals surface area contributed by atoms with Crippen LogP contribution in [0.1, 0.15) is 32.3 Å². The van der Waals surface area contributed by atoms with E-state index >= 15 is 0 Å². The zero-order chi connectivity index (χ0) is 20.2. The summed E-state index contributed by atoms with van der Waals surface area (Å²) in [6, 6.07) is 4.59. The lowest BCUT2D eigenvalue weighted by Crippen LogP contribution is -2.43. The van der Waals surface area contributed by atoms with E-state index in [9.17, 15) is 14.4 Å². The molecule has 1 atom stereocenters. The molecule has 1 rings (SSSR count). The maximum atomic E-state index is 11.8. The van der Waals surface area contributed by atoms with Gasteiger partial charge in [-0.25, -0.2) is 9.59 Å². The van der Waals surface area contributed by atoms with Crippen LogP contribution in [-0.2, 0) is 14.3 Å². The zero-order valence-corrected chi connectivity index (χ0v) is 16.0. The second-order valence-corrected chi connectivity index (χ2v) is 5.59. The SMILES string of the molecule is CCCCOc1ccc(/C=C/C(=O)O[C@H](C)C(=O)NC(=O)NC)cc1OC. The predicted molar refractivity (Wildman–Crippen MR) is 101 cm³/mol. The minimum atomic E-state index is -1.11. The van der Waals surface area contributed by atoms with E-state index in [1.807, 2.05) is 5.32 Å². The second kappa shape index (κ2) is 11.6. The van der Waals surface area contributed by atoms with Gasteiger partial charge in [0, 0.05) is 13.1 Å². The molecule has 0 saturated heterocycles. The lowest BCUT2D eigenvalue weighted by molar-refractivity contribution is -0.149. The van der Waals surface area contributed by atoms with Crippen molar-refractivity contribution in [2.75, 3.05) is 20.8 Å². The number of ether oxygens (including phenoxy) is 3. The number of hydrogen-bond acceptors (Lipinski definition) is 6. The fraction of sp³-hybridized carbons (Fsp3) is 0.421. The maximum absolute atomic E-state index is 11.8. The van der Waals surface area contributed by atoms with Crippen LogP contribution < -0.4 is 20.1 Å². The summed E-state index contributed by atoms with van der Waals surface area (Å²) in [6.45, 7) is 4.05. The standard InChI is InChI=1S/C19H26N2O6/c1-5-6-11-26-15-9-7-14(12-16(15)25-4)8-10-17(22)27-13(2)18(23)21-19(24)20-3/h7-10,12-13H,5-6,11H2,1-4H3,(H2,20,21,23,24)/b10-8+/t13-/m1/s1. The summed E-state index contributed by atoms with van der Waals surface area (Å²) in [5, 5.41) is 4.26. The van der Waals surface area contributed by atoms with Gasteiger partial charge in [-0.3, -0.25) is 10.1 Å². The molecular formula is C19H26N2O6. The molecule has 0 fully saturated rings. The van der Waals surface area contributed by atoms with E-state index in [1.54, 1.807) is 18.2 Å². The first-order valence-corrected chi connectivity index (χ1v) is 8.63. The first-order chi connectivity index (χ1) is 12.9. The second-order valence-electron chi connectivity index (χ2n) is 5.59. The average Bonchev–Trinajstić information content (AvgIpc) is 2.66. The number of urea groups is 1. The highest BCUT2D eigenvalue weighted by Crippen LogP contribution is 2.28. The maximum Gasteiger partial charge on any atom is 0.331 e. The molecule has 0 spiro atoms. The van der Waals surface area contributed by atoms with E-state index in [-0.39, 0.29) is 0 Å². The van der Waals surface area contributed by atoms with Crippen molar-refractivity contribution in [3.63, 3.8) is 0 Å². The highest BCUT2D eigenvalue weighted by Gasteiger charge is 2.18. The number of methoxy groups -OCH3 is 1. The highest BCUT2D eigenvalue weighted by atomic mass is 16.5. The van der Waals surface area contributed by atoms with Crippen LogP contribution in [0.5, 0.6) is 11.5 Å². The van der Waals surface area contributed by atoms with Gasteiger partial charge in [0.1, 0.15) is 0 Å². The molecule has 3 amide bonds. The molecule has 0 aliphatic heterocycles. The van der Waals surface area contributed by atoms with Crippen LogP contribution in [0.3, 0.4) is 0 Å². The molecule has 0 bridgehead atoms. The van der Waals surface area contributed by atoms with Crippen LogP contribution in [0.4, 0.5) is 4.79 Å². The lowest BCUT2D eigenvalue weighted by atomic mass is 10.2. The Hall–Kier alpha value is -3.03. The molecule has 1 aromatic rings. The minimum Gasteiger partial charge on any atom is -0.493 e. The van der Waals surface area contributed by atoms with Gasteiger partial charge in [-0.1, -0.05) is 19.4 Å². The number of rotatable bonds is 9. The highest BCUT2D eigenvalue weighted by molar-refractivity contribution is 5.97. The number of nitrogens with one attached hydrogen (secondary N) is 2. The van der Waals surface area contributed by atoms with E-state index < -0.39 is 24.0 Å². The largest absolute Gasteiger partial charge is 0.493 e. The Kier molecular flexibility index (Phi) is 9.42. The summed E-state index contributed by atoms with van der Waals surface area (Å²) in [5.74, 6) is -0.242. The molecule has 0 unspecified atom stereocenters. The molecule has 0 aromatic heterocycles. The molecule has 0 aliphatic carbocycles. The third kappa shape index (κ3) is 7.81. The Morgan fingerprint density at radius 3 is 2.59 bits per heavy atom. The molecule has 8 nitrogen and oxygen atoms in total. The molecule has 8 heteroatoms. The van der Waals surface area contributed by atoms with Crippen LogP contribution in [0.15, 0.2) is 24.3 Å². The van der Waals surface area contributed by atoms with Crippen LogP contribution in [0.2, 0.25) is 0 Å². The van der Waals surface area contributed by atoms with Crippen molar-refractivity contribution in [1.29, 1.82) is 0 Å². The number of unbranched alkanes of at least 4 members (excludes halogenated alkanes) is 1. The summed E-state index contributed by atoms with van der Waals surface area (Å²) in [7, 11) is 2.91. The molecule has 27 heavy (non-hydrogen) atoms. The van der Waals surface area contributed by atoms with Crippen molar-refractivity contribution in [2.24, 2.45) is 0 Å². The summed E-state index contributed by atoms with van der Waals surface area (Å²) < 4.78 is 15.9. The van der Waals surface area contributed by atoms with Crippen molar-refractivity contribution in [3.05, 3.63) is 29.8 Å². The van der Waals surface area contributed by atoms with Crippen molar-refractivity contribution in [2.45, 2.75) is 32.8 Å². The Labute approximate surface area is 158 Å². The van der Waals surface area contributed by atoms with Crippen molar-refractivity contribution in [3.8, 4) is 11.5 Å².